The van der Waals surface area contributed by atoms with Crippen LogP contribution in [0, 0.1) is 0 Å². The van der Waals surface area contributed by atoms with Gasteiger partial charge in [0, 0.05) is 13.3 Å². The summed E-state index contributed by atoms with van der Waals surface area (Å²) in [5.74, 6) is -3.79. The molecule has 2 heterocycles. The van der Waals surface area contributed by atoms with Crippen LogP contribution in [0.2, 0.25) is 0 Å². The Morgan fingerprint density at radius 3 is 2.48 bits per heavy atom. The largest absolute Gasteiger partial charge is 0.491 e. The molecule has 0 saturated carbocycles. The Bertz CT molecular complexity index is 952. The number of hydrogen-bond acceptors (Lipinski definition) is 8. The van der Waals surface area contributed by atoms with Crippen LogP contribution in [0.25, 0.3) is 0 Å². The lowest BCUT2D eigenvalue weighted by molar-refractivity contribution is -0.130. The predicted molar refractivity (Wildman–Crippen MR) is 96.1 cm³/mol. The van der Waals surface area contributed by atoms with Crippen molar-refractivity contribution in [3.63, 3.8) is 0 Å². The maximum Gasteiger partial charge on any atom is 0.360 e. The molecule has 1 aromatic carbocycles. The van der Waals surface area contributed by atoms with Gasteiger partial charge in [-0.1, -0.05) is 18.2 Å². The van der Waals surface area contributed by atoms with Gasteiger partial charge in [-0.15, -0.1) is 0 Å². The van der Waals surface area contributed by atoms with Gasteiger partial charge in [-0.2, -0.15) is 4.98 Å². The van der Waals surface area contributed by atoms with Crippen LogP contribution in [0.3, 0.4) is 0 Å². The van der Waals surface area contributed by atoms with Crippen molar-refractivity contribution < 1.29 is 33.4 Å². The first-order valence-corrected chi connectivity index (χ1v) is 8.69. The topological polar surface area (TPSA) is 119 Å². The van der Waals surface area contributed by atoms with Crippen molar-refractivity contribution in [1.29, 1.82) is 0 Å². The van der Waals surface area contributed by atoms with Crippen LogP contribution < -0.4 is 4.74 Å². The van der Waals surface area contributed by atoms with Gasteiger partial charge in [-0.3, -0.25) is 4.79 Å². The lowest BCUT2D eigenvalue weighted by Gasteiger charge is -2.22. The van der Waals surface area contributed by atoms with Gasteiger partial charge >= 0.3 is 11.9 Å². The van der Waals surface area contributed by atoms with Crippen LogP contribution in [-0.2, 0) is 9.53 Å². The Kier molecular flexibility index (Phi) is 5.71. The van der Waals surface area contributed by atoms with Gasteiger partial charge in [-0.25, -0.2) is 19.0 Å². The van der Waals surface area contributed by atoms with E-state index in [1.807, 2.05) is 0 Å². The van der Waals surface area contributed by atoms with Crippen molar-refractivity contribution in [2.45, 2.75) is 25.6 Å². The summed E-state index contributed by atoms with van der Waals surface area (Å²) in [4.78, 5) is 45.3. The number of hydrogen-bond donors (Lipinski definition) is 1. The molecule has 0 unspecified atom stereocenters. The normalized spacial score (nSPS) is 18.4. The summed E-state index contributed by atoms with van der Waals surface area (Å²) in [6.45, 7) is 1.12. The zero-order valence-corrected chi connectivity index (χ0v) is 15.7. The van der Waals surface area contributed by atoms with E-state index in [9.17, 15) is 23.9 Å². The van der Waals surface area contributed by atoms with E-state index in [1.54, 1.807) is 18.2 Å². The third-order valence-electron chi connectivity index (χ3n) is 4.40. The zero-order valence-electron chi connectivity index (χ0n) is 15.7. The van der Waals surface area contributed by atoms with E-state index in [-0.39, 0.29) is 24.4 Å². The van der Waals surface area contributed by atoms with Gasteiger partial charge in [0.1, 0.15) is 6.17 Å². The summed E-state index contributed by atoms with van der Waals surface area (Å²) in [7, 11) is 1.08. The molecule has 1 N–H and O–H groups in total. The molecule has 1 aliphatic heterocycles. The first-order chi connectivity index (χ1) is 13.8. The standard InChI is InChI=1S/C19H18FN3O6/c1-10(24)23-9-12(20)8-13(23)16-21-14(19(27)28-2)15(17(25)22-16)29-18(26)11-6-4-3-5-7-11/h3-7,12-13H,8-9H2,1-2H3,(H,21,22,25)/t12-,13-/m0/s1. The summed E-state index contributed by atoms with van der Waals surface area (Å²) in [6.07, 6.45) is -1.39. The van der Waals surface area contributed by atoms with Gasteiger partial charge in [0.05, 0.1) is 25.3 Å². The molecule has 152 valence electrons. The van der Waals surface area contributed by atoms with Gasteiger partial charge in [0.2, 0.25) is 11.7 Å². The fraction of sp³-hybridized carbons (Fsp3) is 0.316. The van der Waals surface area contributed by atoms with E-state index in [1.165, 1.54) is 24.0 Å². The smallest absolute Gasteiger partial charge is 0.360 e. The molecular formula is C19H18FN3O6. The van der Waals surface area contributed by atoms with Crippen LogP contribution >= 0.6 is 0 Å². The molecule has 1 saturated heterocycles. The Morgan fingerprint density at radius 1 is 1.17 bits per heavy atom. The predicted octanol–water partition coefficient (Wildman–Crippen LogP) is 1.82. The van der Waals surface area contributed by atoms with Crippen molar-refractivity contribution in [3.8, 4) is 11.6 Å². The van der Waals surface area contributed by atoms with E-state index in [0.29, 0.717) is 0 Å². The van der Waals surface area contributed by atoms with E-state index in [4.69, 9.17) is 4.74 Å². The van der Waals surface area contributed by atoms with Gasteiger partial charge in [0.25, 0.3) is 5.88 Å². The number of nitrogens with zero attached hydrogens (tertiary/aromatic N) is 3. The highest BCUT2D eigenvalue weighted by atomic mass is 19.1. The third-order valence-corrected chi connectivity index (χ3v) is 4.40. The van der Waals surface area contributed by atoms with E-state index < -0.39 is 47.4 Å². The molecule has 1 fully saturated rings. The molecular weight excluding hydrogens is 385 g/mol. The van der Waals surface area contributed by atoms with E-state index in [0.717, 1.165) is 7.11 Å². The molecule has 0 radical (unpaired) electrons. The van der Waals surface area contributed by atoms with Crippen LogP contribution in [0.5, 0.6) is 11.6 Å². The molecule has 10 heteroatoms. The number of halogens is 1. The molecule has 1 aromatic heterocycles. The van der Waals surface area contributed by atoms with Gasteiger partial charge < -0.3 is 19.5 Å². The third kappa shape index (κ3) is 4.15. The second kappa shape index (κ2) is 8.21. The van der Waals surface area contributed by atoms with Crippen molar-refractivity contribution in [1.82, 2.24) is 14.9 Å². The highest BCUT2D eigenvalue weighted by molar-refractivity contribution is 5.95. The lowest BCUT2D eigenvalue weighted by atomic mass is 10.2. The van der Waals surface area contributed by atoms with Gasteiger partial charge in [-0.05, 0) is 12.1 Å². The highest BCUT2D eigenvalue weighted by Crippen LogP contribution is 2.36. The summed E-state index contributed by atoms with van der Waals surface area (Å²) >= 11 is 0. The lowest BCUT2D eigenvalue weighted by Crippen LogP contribution is -2.30. The number of amides is 1. The summed E-state index contributed by atoms with van der Waals surface area (Å²) < 4.78 is 23.6. The fourth-order valence-electron chi connectivity index (χ4n) is 3.04. The Labute approximate surface area is 165 Å². The monoisotopic (exact) mass is 403 g/mol. The maximum atomic E-state index is 13.9. The first-order valence-electron chi connectivity index (χ1n) is 8.69. The molecule has 2 atom stereocenters. The number of carbonyl (C=O) groups is 3. The number of benzene rings is 1. The SMILES string of the molecule is COC(=O)c1nc([C@@H]2C[C@H](F)CN2C(C)=O)nc(O)c1OC(=O)c1ccccc1. The number of likely N-dealkylation sites (tertiary alicyclic amines) is 1. The molecule has 1 amide bonds. The highest BCUT2D eigenvalue weighted by Gasteiger charge is 2.38. The molecule has 29 heavy (non-hydrogen) atoms. The molecule has 2 aromatic rings. The minimum Gasteiger partial charge on any atom is -0.491 e. The molecule has 0 aliphatic carbocycles. The second-order valence-corrected chi connectivity index (χ2v) is 6.35. The molecule has 0 spiro atoms. The van der Waals surface area contributed by atoms with Crippen LogP contribution in [0.4, 0.5) is 4.39 Å². The molecule has 9 nitrogen and oxygen atoms in total. The average molecular weight is 403 g/mol. The number of carbonyl (C=O) groups excluding carboxylic acids is 3. The molecule has 0 bridgehead atoms. The van der Waals surface area contributed by atoms with Crippen molar-refractivity contribution in [2.75, 3.05) is 13.7 Å². The maximum absolute atomic E-state index is 13.9. The summed E-state index contributed by atoms with van der Waals surface area (Å²) in [5, 5.41) is 10.3. The quantitative estimate of drug-likeness (QED) is 0.768. The number of rotatable bonds is 4. The minimum atomic E-state index is -1.30. The van der Waals surface area contributed by atoms with Crippen LogP contribution in [0.1, 0.15) is 46.1 Å². The zero-order chi connectivity index (χ0) is 21.1. The van der Waals surface area contributed by atoms with Crippen molar-refractivity contribution in [2.24, 2.45) is 0 Å². The number of esters is 2. The first kappa shape index (κ1) is 20.2. The minimum absolute atomic E-state index is 0.0945. The number of ether oxygens (including phenoxy) is 2. The molecule has 1 aliphatic rings. The Hall–Kier alpha value is -3.56. The molecule has 3 rings (SSSR count). The van der Waals surface area contributed by atoms with E-state index >= 15 is 0 Å². The Balaban J connectivity index is 2.01. The van der Waals surface area contributed by atoms with Gasteiger partial charge in [0.15, 0.2) is 11.5 Å². The van der Waals surface area contributed by atoms with E-state index in [2.05, 4.69) is 14.7 Å². The average Bonchev–Trinajstić information content (AvgIpc) is 3.11. The number of aromatic nitrogens is 2. The summed E-state index contributed by atoms with van der Waals surface area (Å²) in [5.41, 5.74) is -0.337. The number of methoxy groups -OCH3 is 1. The summed E-state index contributed by atoms with van der Waals surface area (Å²) in [6, 6.07) is 7.01. The number of aromatic hydroxyl groups is 1. The van der Waals surface area contributed by atoms with Crippen molar-refractivity contribution >= 4 is 17.8 Å². The van der Waals surface area contributed by atoms with Crippen LogP contribution in [-0.4, -0.2) is 57.6 Å². The second-order valence-electron chi connectivity index (χ2n) is 6.35. The Morgan fingerprint density at radius 2 is 1.86 bits per heavy atom. The fourth-order valence-corrected chi connectivity index (χ4v) is 3.04. The van der Waals surface area contributed by atoms with Crippen LogP contribution in [0.15, 0.2) is 30.3 Å². The number of alkyl halides is 1. The van der Waals surface area contributed by atoms with Crippen molar-refractivity contribution in [3.05, 3.63) is 47.4 Å².